The summed E-state index contributed by atoms with van der Waals surface area (Å²) in [7, 11) is 0. The molecule has 1 saturated heterocycles. The van der Waals surface area contributed by atoms with E-state index in [4.69, 9.17) is 9.47 Å². The Hall–Kier alpha value is -3.26. The maximum atomic E-state index is 12.9. The zero-order valence-electron chi connectivity index (χ0n) is 23.5. The Kier molecular flexibility index (Phi) is 10.8. The number of carbonyl (C=O) groups excluding carboxylic acids is 2. The number of esters is 1. The number of piperazine rings is 1. The third-order valence-corrected chi connectivity index (χ3v) is 7.83. The molecular formula is C29H35F3N4O5S. The summed E-state index contributed by atoms with van der Waals surface area (Å²) in [5.41, 5.74) is 0.298. The van der Waals surface area contributed by atoms with Gasteiger partial charge in [-0.3, -0.25) is 9.69 Å². The first-order valence-electron chi connectivity index (χ1n) is 13.8. The van der Waals surface area contributed by atoms with Crippen molar-refractivity contribution in [1.29, 1.82) is 0 Å². The summed E-state index contributed by atoms with van der Waals surface area (Å²) in [5, 5.41) is 14.1. The molecule has 0 bridgehead atoms. The van der Waals surface area contributed by atoms with Crippen molar-refractivity contribution in [3.05, 3.63) is 58.6 Å². The van der Waals surface area contributed by atoms with Gasteiger partial charge in [-0.2, -0.15) is 13.2 Å². The fourth-order valence-corrected chi connectivity index (χ4v) is 5.57. The van der Waals surface area contributed by atoms with Crippen molar-refractivity contribution in [2.75, 3.05) is 52.5 Å². The van der Waals surface area contributed by atoms with Crippen molar-refractivity contribution in [3.8, 4) is 5.75 Å². The SMILES string of the molecule is CCOC(=O)[C@@H](NC(=O)CCN1CCN(C[C@@H](O)COc2ccc3nc(C)sc3c2)CC1)c1ccc(C(F)(F)F)cc1. The van der Waals surface area contributed by atoms with Crippen LogP contribution in [0.25, 0.3) is 10.2 Å². The van der Waals surface area contributed by atoms with E-state index in [1.165, 1.54) is 12.1 Å². The van der Waals surface area contributed by atoms with Crippen LogP contribution in [0.5, 0.6) is 5.75 Å². The number of amides is 1. The molecule has 3 aromatic rings. The Morgan fingerprint density at radius 1 is 1.10 bits per heavy atom. The van der Waals surface area contributed by atoms with Crippen molar-refractivity contribution >= 4 is 33.4 Å². The van der Waals surface area contributed by atoms with E-state index in [0.29, 0.717) is 45.0 Å². The maximum Gasteiger partial charge on any atom is 0.416 e. The van der Waals surface area contributed by atoms with Crippen molar-refractivity contribution < 1.29 is 37.3 Å². The molecule has 2 atom stereocenters. The minimum atomic E-state index is -4.51. The van der Waals surface area contributed by atoms with Gasteiger partial charge in [0.05, 0.1) is 27.4 Å². The maximum absolute atomic E-state index is 12.9. The number of ether oxygens (including phenoxy) is 2. The summed E-state index contributed by atoms with van der Waals surface area (Å²) in [6, 6.07) is 8.58. The van der Waals surface area contributed by atoms with Gasteiger partial charge in [0, 0.05) is 45.7 Å². The number of aryl methyl sites for hydroxylation is 1. The Morgan fingerprint density at radius 2 is 1.79 bits per heavy atom. The number of carbonyl (C=O) groups is 2. The first-order valence-corrected chi connectivity index (χ1v) is 14.6. The molecule has 9 nitrogen and oxygen atoms in total. The Bertz CT molecular complexity index is 1340. The monoisotopic (exact) mass is 608 g/mol. The van der Waals surface area contributed by atoms with Gasteiger partial charge in [-0.05, 0) is 49.7 Å². The zero-order valence-corrected chi connectivity index (χ0v) is 24.3. The second-order valence-corrected chi connectivity index (χ2v) is 11.3. The summed E-state index contributed by atoms with van der Waals surface area (Å²) in [6.07, 6.45) is -5.06. The predicted octanol–water partition coefficient (Wildman–Crippen LogP) is 3.79. The van der Waals surface area contributed by atoms with Crippen LogP contribution in [-0.4, -0.2) is 90.4 Å². The van der Waals surface area contributed by atoms with Crippen LogP contribution in [0.2, 0.25) is 0 Å². The van der Waals surface area contributed by atoms with Gasteiger partial charge in [0.2, 0.25) is 5.91 Å². The lowest BCUT2D eigenvalue weighted by molar-refractivity contribution is -0.147. The highest BCUT2D eigenvalue weighted by Crippen LogP contribution is 2.30. The van der Waals surface area contributed by atoms with Crippen molar-refractivity contribution in [2.45, 2.75) is 38.6 Å². The number of fused-ring (bicyclic) bond motifs is 1. The van der Waals surface area contributed by atoms with Gasteiger partial charge in [0.15, 0.2) is 6.04 Å². The van der Waals surface area contributed by atoms with Crippen LogP contribution < -0.4 is 10.1 Å². The minimum absolute atomic E-state index is 0.0687. The topological polar surface area (TPSA) is 104 Å². The molecule has 4 rings (SSSR count). The minimum Gasteiger partial charge on any atom is -0.491 e. The van der Waals surface area contributed by atoms with E-state index in [1.807, 2.05) is 25.1 Å². The van der Waals surface area contributed by atoms with Gasteiger partial charge >= 0.3 is 12.1 Å². The molecule has 1 aliphatic rings. The molecule has 1 aromatic heterocycles. The van der Waals surface area contributed by atoms with E-state index in [2.05, 4.69) is 20.1 Å². The number of thiazole rings is 1. The van der Waals surface area contributed by atoms with Crippen LogP contribution >= 0.6 is 11.3 Å². The van der Waals surface area contributed by atoms with Crippen LogP contribution in [0.1, 0.15) is 35.5 Å². The summed E-state index contributed by atoms with van der Waals surface area (Å²) >= 11 is 1.59. The number of hydrogen-bond acceptors (Lipinski definition) is 9. The number of aromatic nitrogens is 1. The van der Waals surface area contributed by atoms with Crippen LogP contribution in [0.4, 0.5) is 13.2 Å². The molecule has 2 aromatic carbocycles. The fraction of sp³-hybridized carbons (Fsp3) is 0.483. The molecule has 13 heteroatoms. The third kappa shape index (κ3) is 8.87. The molecule has 228 valence electrons. The van der Waals surface area contributed by atoms with E-state index < -0.39 is 35.8 Å². The number of β-amino-alcohol motifs (C(OH)–C–C–N with tert-alkyl or cyclic N) is 1. The van der Waals surface area contributed by atoms with Crippen molar-refractivity contribution in [1.82, 2.24) is 20.1 Å². The average Bonchev–Trinajstić information content (AvgIpc) is 3.33. The molecule has 0 unspecified atom stereocenters. The van der Waals surface area contributed by atoms with Crippen LogP contribution in [0, 0.1) is 6.92 Å². The number of aliphatic hydroxyl groups is 1. The summed E-state index contributed by atoms with van der Waals surface area (Å²) in [5.74, 6) is -0.451. The molecule has 0 radical (unpaired) electrons. The lowest BCUT2D eigenvalue weighted by Gasteiger charge is -2.35. The summed E-state index contributed by atoms with van der Waals surface area (Å²) < 4.78 is 50.7. The molecular weight excluding hydrogens is 573 g/mol. The molecule has 1 amide bonds. The highest BCUT2D eigenvalue weighted by atomic mass is 32.1. The fourth-order valence-electron chi connectivity index (χ4n) is 4.71. The van der Waals surface area contributed by atoms with Gasteiger partial charge in [-0.25, -0.2) is 9.78 Å². The number of alkyl halides is 3. The van der Waals surface area contributed by atoms with Crippen molar-refractivity contribution in [2.24, 2.45) is 0 Å². The van der Waals surface area contributed by atoms with Gasteiger partial charge < -0.3 is 24.8 Å². The number of benzene rings is 2. The normalized spacial score (nSPS) is 16.2. The smallest absolute Gasteiger partial charge is 0.416 e. The molecule has 0 aliphatic carbocycles. The Labute approximate surface area is 246 Å². The molecule has 2 N–H and O–H groups in total. The molecule has 1 fully saturated rings. The Morgan fingerprint density at radius 3 is 2.45 bits per heavy atom. The number of nitrogens with zero attached hydrogens (tertiary/aromatic N) is 3. The number of halogens is 3. The summed E-state index contributed by atoms with van der Waals surface area (Å²) in [6.45, 7) is 7.53. The first-order chi connectivity index (χ1) is 20.0. The van der Waals surface area contributed by atoms with E-state index in [0.717, 1.165) is 27.4 Å². The lowest BCUT2D eigenvalue weighted by atomic mass is 10.0. The van der Waals surface area contributed by atoms with E-state index >= 15 is 0 Å². The second kappa shape index (κ2) is 14.3. The van der Waals surface area contributed by atoms with Crippen LogP contribution in [-0.2, 0) is 20.5 Å². The van der Waals surface area contributed by atoms with Gasteiger partial charge in [-0.1, -0.05) is 12.1 Å². The van der Waals surface area contributed by atoms with E-state index in [1.54, 1.807) is 18.3 Å². The van der Waals surface area contributed by atoms with Gasteiger partial charge in [-0.15, -0.1) is 11.3 Å². The molecule has 0 spiro atoms. The van der Waals surface area contributed by atoms with E-state index in [9.17, 15) is 27.9 Å². The molecule has 2 heterocycles. The van der Waals surface area contributed by atoms with E-state index in [-0.39, 0.29) is 25.2 Å². The molecule has 0 saturated carbocycles. The summed E-state index contributed by atoms with van der Waals surface area (Å²) in [4.78, 5) is 33.8. The molecule has 1 aliphatic heterocycles. The largest absolute Gasteiger partial charge is 0.491 e. The zero-order chi connectivity index (χ0) is 30.3. The second-order valence-electron chi connectivity index (χ2n) is 10.1. The Balaban J connectivity index is 1.19. The lowest BCUT2D eigenvalue weighted by Crippen LogP contribution is -2.49. The first kappa shape index (κ1) is 31.7. The van der Waals surface area contributed by atoms with Gasteiger partial charge in [0.1, 0.15) is 18.5 Å². The quantitative estimate of drug-likeness (QED) is 0.300. The standard InChI is InChI=1S/C29H35F3N4O5S/c1-3-40-28(39)27(20-4-6-21(7-5-20)29(30,31)32)34-26(38)10-11-35-12-14-36(15-13-35)17-22(37)18-41-23-8-9-24-25(16-23)42-19(2)33-24/h4-9,16,22,27,37H,3,10-15,17-18H2,1-2H3,(H,34,38)/t22-,27+/m1/s1. The van der Waals surface area contributed by atoms with Gasteiger partial charge in [0.25, 0.3) is 0 Å². The number of aliphatic hydroxyl groups excluding tert-OH is 1. The highest BCUT2D eigenvalue weighted by Gasteiger charge is 2.31. The number of hydrogen-bond donors (Lipinski definition) is 2. The average molecular weight is 609 g/mol. The van der Waals surface area contributed by atoms with Crippen molar-refractivity contribution in [3.63, 3.8) is 0 Å². The van der Waals surface area contributed by atoms with Crippen LogP contribution in [0.15, 0.2) is 42.5 Å². The molecule has 42 heavy (non-hydrogen) atoms. The number of rotatable bonds is 12. The predicted molar refractivity (Wildman–Crippen MR) is 152 cm³/mol. The number of nitrogens with one attached hydrogen (secondary N) is 1. The third-order valence-electron chi connectivity index (χ3n) is 6.90. The van der Waals surface area contributed by atoms with Crippen LogP contribution in [0.3, 0.4) is 0 Å². The highest BCUT2D eigenvalue weighted by molar-refractivity contribution is 7.18.